The molecule has 0 aromatic carbocycles. The zero-order chi connectivity index (χ0) is 14.1. The highest BCUT2D eigenvalue weighted by atomic mass is 16.4. The highest BCUT2D eigenvalue weighted by molar-refractivity contribution is 6.26. The van der Waals surface area contributed by atoms with Crippen LogP contribution in [0.25, 0.3) is 0 Å². The second-order valence-corrected chi connectivity index (χ2v) is 5.96. The summed E-state index contributed by atoms with van der Waals surface area (Å²) in [5.74, 6) is -0.849. The molecule has 0 aromatic rings. The highest BCUT2D eigenvalue weighted by Gasteiger charge is 2.30. The molecule has 108 valence electrons. The fourth-order valence-corrected chi connectivity index (χ4v) is 2.85. The number of carboxylic acids is 1. The van der Waals surface area contributed by atoms with Crippen LogP contribution in [0.5, 0.6) is 0 Å². The number of rotatable bonds is 9. The van der Waals surface area contributed by atoms with Gasteiger partial charge in [-0.2, -0.15) is 0 Å². The molecule has 0 amide bonds. The Morgan fingerprint density at radius 1 is 1.26 bits per heavy atom. The summed E-state index contributed by atoms with van der Waals surface area (Å²) in [5.41, 5.74) is 0. The van der Waals surface area contributed by atoms with Gasteiger partial charge < -0.3 is 10.4 Å². The van der Waals surface area contributed by atoms with Crippen LogP contribution in [0, 0.1) is 0 Å². The van der Waals surface area contributed by atoms with Gasteiger partial charge in [0.25, 0.3) is 0 Å². The van der Waals surface area contributed by atoms with Gasteiger partial charge in [-0.1, -0.05) is 39.0 Å². The summed E-state index contributed by atoms with van der Waals surface area (Å²) >= 11 is 0. The lowest BCUT2D eigenvalue weighted by Crippen LogP contribution is -2.33. The van der Waals surface area contributed by atoms with Crippen LogP contribution in [0.1, 0.15) is 71.1 Å². The summed E-state index contributed by atoms with van der Waals surface area (Å²) in [7, 11) is 6.02. The number of hydrogen-bond acceptors (Lipinski definition) is 2. The van der Waals surface area contributed by atoms with Crippen molar-refractivity contribution >= 4 is 13.8 Å². The Bertz CT molecular complexity index is 267. The smallest absolute Gasteiger partial charge is 0.300 e. The molecule has 4 heteroatoms. The number of hydrogen-bond donors (Lipinski definition) is 2. The first-order valence-corrected chi connectivity index (χ1v) is 7.84. The molecule has 1 atom stereocenters. The minimum absolute atomic E-state index is 0.571. The van der Waals surface area contributed by atoms with E-state index >= 15 is 0 Å². The molecule has 0 spiro atoms. The molecular formula is C15H28BNO2. The minimum atomic E-state index is -1.02. The van der Waals surface area contributed by atoms with E-state index in [1.165, 1.54) is 32.1 Å². The second kappa shape index (κ2) is 8.62. The third-order valence-corrected chi connectivity index (χ3v) is 4.24. The highest BCUT2D eigenvalue weighted by Crippen LogP contribution is 2.34. The van der Waals surface area contributed by atoms with E-state index in [9.17, 15) is 9.90 Å². The Kier molecular flexibility index (Phi) is 7.51. The maximum Gasteiger partial charge on any atom is 0.300 e. The van der Waals surface area contributed by atoms with Crippen molar-refractivity contribution < 1.29 is 9.90 Å². The van der Waals surface area contributed by atoms with Crippen LogP contribution in [0.4, 0.5) is 0 Å². The van der Waals surface area contributed by atoms with Crippen molar-refractivity contribution in [2.75, 3.05) is 6.54 Å². The topological polar surface area (TPSA) is 49.3 Å². The van der Waals surface area contributed by atoms with Crippen LogP contribution in [0.3, 0.4) is 0 Å². The fourth-order valence-electron chi connectivity index (χ4n) is 2.85. The Labute approximate surface area is 119 Å². The number of carboxylic acid groups (broad SMARTS) is 1. The van der Waals surface area contributed by atoms with Gasteiger partial charge in [0.2, 0.25) is 0 Å². The van der Waals surface area contributed by atoms with Crippen LogP contribution in [-0.4, -0.2) is 31.5 Å². The van der Waals surface area contributed by atoms with E-state index < -0.39 is 11.3 Å². The lowest BCUT2D eigenvalue weighted by molar-refractivity contribution is -0.141. The first-order valence-electron chi connectivity index (χ1n) is 7.84. The molecule has 2 N–H and O–H groups in total. The predicted molar refractivity (Wildman–Crippen MR) is 79.7 cm³/mol. The average Bonchev–Trinajstić information content (AvgIpc) is 2.42. The van der Waals surface area contributed by atoms with E-state index in [-0.39, 0.29) is 0 Å². The fraction of sp³-hybridized carbons (Fsp3) is 0.933. The summed E-state index contributed by atoms with van der Waals surface area (Å²) in [6.45, 7) is 2.95. The summed E-state index contributed by atoms with van der Waals surface area (Å²) < 4.78 is 0. The lowest BCUT2D eigenvalue weighted by atomic mass is 9.63. The Morgan fingerprint density at radius 2 is 1.89 bits per heavy atom. The van der Waals surface area contributed by atoms with Crippen LogP contribution in [-0.2, 0) is 4.79 Å². The molecule has 1 aliphatic rings. The lowest BCUT2D eigenvalue weighted by Gasteiger charge is -2.27. The standard InChI is InChI=1S/C15H28BNO2/c1-2-3-10-15(16,14(18)19)11-7-12-17-13-8-5-4-6-9-13/h13,17H,2-12H2,1H3,(H,18,19). The normalized spacial score (nSPS) is 20.1. The average molecular weight is 265 g/mol. The van der Waals surface area contributed by atoms with Gasteiger partial charge in [-0.3, -0.25) is 4.79 Å². The molecule has 0 heterocycles. The molecule has 1 unspecified atom stereocenters. The summed E-state index contributed by atoms with van der Waals surface area (Å²) in [4.78, 5) is 11.3. The van der Waals surface area contributed by atoms with Gasteiger partial charge in [0.1, 0.15) is 0 Å². The van der Waals surface area contributed by atoms with Crippen LogP contribution >= 0.6 is 0 Å². The third-order valence-electron chi connectivity index (χ3n) is 4.24. The number of nitrogens with one attached hydrogen (secondary N) is 1. The van der Waals surface area contributed by atoms with E-state index in [0.29, 0.717) is 18.9 Å². The van der Waals surface area contributed by atoms with E-state index in [2.05, 4.69) is 12.2 Å². The summed E-state index contributed by atoms with van der Waals surface area (Å²) in [6, 6.07) is 0.640. The van der Waals surface area contributed by atoms with Crippen LogP contribution < -0.4 is 5.32 Å². The molecule has 0 saturated heterocycles. The van der Waals surface area contributed by atoms with Crippen molar-refractivity contribution in [1.82, 2.24) is 5.32 Å². The molecule has 0 aromatic heterocycles. The molecule has 1 fully saturated rings. The van der Waals surface area contributed by atoms with E-state index in [4.69, 9.17) is 7.85 Å². The molecule has 1 aliphatic carbocycles. The minimum Gasteiger partial charge on any atom is -0.481 e. The monoisotopic (exact) mass is 265 g/mol. The Morgan fingerprint density at radius 3 is 2.47 bits per heavy atom. The zero-order valence-corrected chi connectivity index (χ0v) is 12.3. The van der Waals surface area contributed by atoms with E-state index in [1.54, 1.807) is 0 Å². The van der Waals surface area contributed by atoms with Crippen LogP contribution in [0.15, 0.2) is 0 Å². The molecule has 3 nitrogen and oxygen atoms in total. The number of aliphatic carboxylic acids is 1. The summed E-state index contributed by atoms with van der Waals surface area (Å²) in [5, 5.41) is 11.8. The van der Waals surface area contributed by atoms with Gasteiger partial charge in [-0.05, 0) is 38.6 Å². The van der Waals surface area contributed by atoms with Gasteiger partial charge in [-0.15, -0.1) is 0 Å². The quantitative estimate of drug-likeness (QED) is 0.497. The Hall–Kier alpha value is -0.505. The van der Waals surface area contributed by atoms with Crippen molar-refractivity contribution in [1.29, 1.82) is 0 Å². The van der Waals surface area contributed by atoms with Crippen molar-refractivity contribution in [2.45, 2.75) is 82.5 Å². The second-order valence-electron chi connectivity index (χ2n) is 5.96. The first-order chi connectivity index (χ1) is 9.08. The molecule has 1 rings (SSSR count). The van der Waals surface area contributed by atoms with Crippen molar-refractivity contribution in [3.63, 3.8) is 0 Å². The van der Waals surface area contributed by atoms with Crippen LogP contribution in [0.2, 0.25) is 5.31 Å². The van der Waals surface area contributed by atoms with Crippen molar-refractivity contribution in [3.8, 4) is 0 Å². The van der Waals surface area contributed by atoms with Gasteiger partial charge >= 0.3 is 5.97 Å². The van der Waals surface area contributed by atoms with Crippen molar-refractivity contribution in [3.05, 3.63) is 0 Å². The molecule has 1 saturated carbocycles. The maximum absolute atomic E-state index is 11.3. The molecular weight excluding hydrogens is 237 g/mol. The van der Waals surface area contributed by atoms with Crippen molar-refractivity contribution in [2.24, 2.45) is 0 Å². The molecule has 19 heavy (non-hydrogen) atoms. The van der Waals surface area contributed by atoms with E-state index in [1.807, 2.05) is 0 Å². The molecule has 2 radical (unpaired) electrons. The Balaban J connectivity index is 2.22. The van der Waals surface area contributed by atoms with Gasteiger partial charge in [0.05, 0.1) is 7.85 Å². The van der Waals surface area contributed by atoms with Gasteiger partial charge in [0, 0.05) is 11.4 Å². The predicted octanol–water partition coefficient (Wildman–Crippen LogP) is 3.29. The largest absolute Gasteiger partial charge is 0.481 e. The maximum atomic E-state index is 11.3. The van der Waals surface area contributed by atoms with Gasteiger partial charge in [0.15, 0.2) is 0 Å². The first kappa shape index (κ1) is 16.5. The van der Waals surface area contributed by atoms with E-state index in [0.717, 1.165) is 25.8 Å². The molecule has 0 bridgehead atoms. The third kappa shape index (κ3) is 5.98. The zero-order valence-electron chi connectivity index (χ0n) is 12.3. The number of carbonyl (C=O) groups is 1. The van der Waals surface area contributed by atoms with Gasteiger partial charge in [-0.25, -0.2) is 0 Å². The summed E-state index contributed by atoms with van der Waals surface area (Å²) in [6.07, 6.45) is 10.4. The SMILES string of the molecule is [B]C(CCCC)(CCCNC1CCCCC1)C(=O)O. The molecule has 0 aliphatic heterocycles. The number of unbranched alkanes of at least 4 members (excludes halogenated alkanes) is 1.